The second-order valence-corrected chi connectivity index (χ2v) is 8.70. The molecule has 1 aliphatic carbocycles. The Morgan fingerprint density at radius 3 is 2.58 bits per heavy atom. The summed E-state index contributed by atoms with van der Waals surface area (Å²) in [7, 11) is 5.36. The minimum absolute atomic E-state index is 0.0984. The highest BCUT2D eigenvalue weighted by Gasteiger charge is 2.40. The first kappa shape index (κ1) is 22.1. The van der Waals surface area contributed by atoms with Crippen molar-refractivity contribution in [3.05, 3.63) is 30.0 Å². The minimum atomic E-state index is -0.106. The monoisotopic (exact) mass is 430 g/mol. The average molecular weight is 431 g/mol. The molecule has 0 N–H and O–H groups in total. The number of carbonyl (C=O) groups is 1. The van der Waals surface area contributed by atoms with Gasteiger partial charge in [-0.1, -0.05) is 6.07 Å². The van der Waals surface area contributed by atoms with Crippen LogP contribution in [-0.4, -0.2) is 88.4 Å². The maximum absolute atomic E-state index is 13.2. The van der Waals surface area contributed by atoms with Gasteiger partial charge in [0.25, 0.3) is 0 Å². The van der Waals surface area contributed by atoms with E-state index in [2.05, 4.69) is 16.8 Å². The fraction of sp³-hybridized carbons (Fsp3) is 0.625. The topological polar surface area (TPSA) is 60.5 Å². The first-order chi connectivity index (χ1) is 15.1. The van der Waals surface area contributed by atoms with Gasteiger partial charge >= 0.3 is 0 Å². The molecule has 0 spiro atoms. The Kier molecular flexibility index (Phi) is 7.15. The molecule has 0 amide bonds. The van der Waals surface area contributed by atoms with Gasteiger partial charge in [-0.05, 0) is 37.6 Å². The number of benzene rings is 1. The zero-order valence-electron chi connectivity index (χ0n) is 18.8. The van der Waals surface area contributed by atoms with Gasteiger partial charge in [-0.2, -0.15) is 0 Å². The van der Waals surface area contributed by atoms with E-state index >= 15 is 0 Å². The van der Waals surface area contributed by atoms with Crippen LogP contribution in [-0.2, 0) is 14.3 Å². The van der Waals surface area contributed by atoms with Crippen molar-refractivity contribution in [1.82, 2.24) is 9.80 Å². The third-order valence-corrected chi connectivity index (χ3v) is 6.76. The second kappa shape index (κ2) is 10.0. The molecule has 7 heteroatoms. The van der Waals surface area contributed by atoms with Gasteiger partial charge in [-0.15, -0.1) is 0 Å². The van der Waals surface area contributed by atoms with Crippen LogP contribution in [0.25, 0.3) is 5.57 Å². The van der Waals surface area contributed by atoms with Gasteiger partial charge in [0.05, 0.1) is 44.7 Å². The van der Waals surface area contributed by atoms with E-state index in [0.717, 1.165) is 64.2 Å². The standard InChI is InChI=1S/C24H34N2O5/c1-25-8-10-26(11-9-25)12-13-30-18-5-6-19-22(15-18)31-16-20(24(19)27)17-4-7-21(28-2)23(14-17)29-3/h4,7,14,16,18-19,22H,5-6,8-13,15H2,1-3H3. The lowest BCUT2D eigenvalue weighted by molar-refractivity contribution is -0.128. The summed E-state index contributed by atoms with van der Waals surface area (Å²) in [6.45, 7) is 6.18. The van der Waals surface area contributed by atoms with Gasteiger partial charge < -0.3 is 23.8 Å². The molecule has 0 aromatic heterocycles. The Bertz CT molecular complexity index is 803. The van der Waals surface area contributed by atoms with Crippen molar-refractivity contribution in [2.24, 2.45) is 5.92 Å². The maximum Gasteiger partial charge on any atom is 0.173 e. The number of likely N-dealkylation sites (N-methyl/N-ethyl adjacent to an activating group) is 1. The Hall–Kier alpha value is -2.09. The van der Waals surface area contributed by atoms with Crippen LogP contribution in [0.5, 0.6) is 11.5 Å². The fourth-order valence-electron chi connectivity index (χ4n) is 4.74. The van der Waals surface area contributed by atoms with E-state index in [1.54, 1.807) is 20.5 Å². The van der Waals surface area contributed by atoms with E-state index < -0.39 is 0 Å². The predicted octanol–water partition coefficient (Wildman–Crippen LogP) is 2.45. The number of rotatable bonds is 7. The van der Waals surface area contributed by atoms with Crippen molar-refractivity contribution in [3.63, 3.8) is 0 Å². The molecule has 0 radical (unpaired) electrons. The van der Waals surface area contributed by atoms with Gasteiger partial charge in [-0.25, -0.2) is 0 Å². The maximum atomic E-state index is 13.2. The molecule has 7 nitrogen and oxygen atoms in total. The second-order valence-electron chi connectivity index (χ2n) is 8.70. The molecule has 2 fully saturated rings. The van der Waals surface area contributed by atoms with Crippen molar-refractivity contribution in [2.45, 2.75) is 31.5 Å². The molecule has 1 aromatic carbocycles. The van der Waals surface area contributed by atoms with Crippen LogP contribution in [0.4, 0.5) is 0 Å². The zero-order valence-corrected chi connectivity index (χ0v) is 18.8. The van der Waals surface area contributed by atoms with Gasteiger partial charge in [0, 0.05) is 39.1 Å². The number of methoxy groups -OCH3 is 2. The number of allylic oxidation sites excluding steroid dienone is 1. The molecule has 1 saturated heterocycles. The van der Waals surface area contributed by atoms with E-state index in [4.69, 9.17) is 18.9 Å². The lowest BCUT2D eigenvalue weighted by atomic mass is 9.78. The van der Waals surface area contributed by atoms with E-state index in [-0.39, 0.29) is 23.9 Å². The van der Waals surface area contributed by atoms with Crippen molar-refractivity contribution in [3.8, 4) is 11.5 Å². The highest BCUT2D eigenvalue weighted by molar-refractivity contribution is 6.22. The smallest absolute Gasteiger partial charge is 0.173 e. The van der Waals surface area contributed by atoms with Gasteiger partial charge in [0.1, 0.15) is 6.10 Å². The third-order valence-electron chi connectivity index (χ3n) is 6.76. The van der Waals surface area contributed by atoms with Crippen LogP contribution >= 0.6 is 0 Å². The van der Waals surface area contributed by atoms with Crippen LogP contribution in [0.1, 0.15) is 24.8 Å². The number of fused-ring (bicyclic) bond motifs is 1. The van der Waals surface area contributed by atoms with E-state index in [1.165, 1.54) is 0 Å². The van der Waals surface area contributed by atoms with E-state index in [1.807, 2.05) is 18.2 Å². The number of nitrogens with zero attached hydrogens (tertiary/aromatic N) is 2. The lowest BCUT2D eigenvalue weighted by Crippen LogP contribution is -2.46. The Balaban J connectivity index is 1.32. The molecular weight excluding hydrogens is 396 g/mol. The van der Waals surface area contributed by atoms with Crippen molar-refractivity contribution in [1.29, 1.82) is 0 Å². The molecule has 2 heterocycles. The molecule has 3 atom stereocenters. The fourth-order valence-corrected chi connectivity index (χ4v) is 4.74. The number of ketones is 1. The first-order valence-corrected chi connectivity index (χ1v) is 11.2. The highest BCUT2D eigenvalue weighted by Crippen LogP contribution is 2.39. The summed E-state index contributed by atoms with van der Waals surface area (Å²) in [5.74, 6) is 1.29. The van der Waals surface area contributed by atoms with Crippen LogP contribution in [0.2, 0.25) is 0 Å². The summed E-state index contributed by atoms with van der Waals surface area (Å²) >= 11 is 0. The molecule has 1 aromatic rings. The number of hydrogen-bond acceptors (Lipinski definition) is 7. The third kappa shape index (κ3) is 5.05. The summed E-state index contributed by atoms with van der Waals surface area (Å²) in [6, 6.07) is 5.53. The van der Waals surface area contributed by atoms with Gasteiger partial charge in [-0.3, -0.25) is 9.69 Å². The van der Waals surface area contributed by atoms with Crippen LogP contribution in [0.3, 0.4) is 0 Å². The van der Waals surface area contributed by atoms with Crippen molar-refractivity contribution < 1.29 is 23.7 Å². The van der Waals surface area contributed by atoms with Crippen LogP contribution < -0.4 is 9.47 Å². The summed E-state index contributed by atoms with van der Waals surface area (Å²) in [4.78, 5) is 18.0. The zero-order chi connectivity index (χ0) is 21.8. The molecular formula is C24H34N2O5. The van der Waals surface area contributed by atoms with Crippen molar-refractivity contribution >= 4 is 11.4 Å². The summed E-state index contributed by atoms with van der Waals surface area (Å²) in [5.41, 5.74) is 1.41. The van der Waals surface area contributed by atoms with Gasteiger partial charge in [0.15, 0.2) is 17.3 Å². The average Bonchev–Trinajstić information content (AvgIpc) is 2.80. The van der Waals surface area contributed by atoms with Crippen LogP contribution in [0, 0.1) is 5.92 Å². The molecule has 31 heavy (non-hydrogen) atoms. The molecule has 2 aliphatic heterocycles. The highest BCUT2D eigenvalue weighted by atomic mass is 16.5. The Morgan fingerprint density at radius 1 is 1.06 bits per heavy atom. The number of carbonyl (C=O) groups excluding carboxylic acids is 1. The van der Waals surface area contributed by atoms with Crippen LogP contribution in [0.15, 0.2) is 24.5 Å². The largest absolute Gasteiger partial charge is 0.496 e. The first-order valence-electron chi connectivity index (χ1n) is 11.2. The number of ether oxygens (including phenoxy) is 4. The van der Waals surface area contributed by atoms with Crippen molar-refractivity contribution in [2.75, 3.05) is 60.6 Å². The normalized spacial score (nSPS) is 27.3. The van der Waals surface area contributed by atoms with E-state index in [9.17, 15) is 4.79 Å². The molecule has 3 aliphatic rings. The molecule has 4 rings (SSSR count). The number of hydrogen-bond donors (Lipinski definition) is 0. The van der Waals surface area contributed by atoms with E-state index in [0.29, 0.717) is 17.1 Å². The van der Waals surface area contributed by atoms with Gasteiger partial charge in [0.2, 0.25) is 0 Å². The molecule has 3 unspecified atom stereocenters. The number of piperazine rings is 1. The SMILES string of the molecule is COc1ccc(C2=COC3CC(OCCN4CCN(C)CC4)CCC3C2=O)cc1OC. The summed E-state index contributed by atoms with van der Waals surface area (Å²) in [5, 5.41) is 0. The summed E-state index contributed by atoms with van der Waals surface area (Å²) in [6.07, 6.45) is 4.16. The molecule has 170 valence electrons. The molecule has 0 bridgehead atoms. The minimum Gasteiger partial charge on any atom is -0.496 e. The number of Topliss-reactive ketones (excluding diaryl/α,β-unsaturated/α-hetero) is 1. The quantitative estimate of drug-likeness (QED) is 0.659. The summed E-state index contributed by atoms with van der Waals surface area (Å²) < 4.78 is 22.9. The molecule has 1 saturated carbocycles. The Labute approximate surface area is 184 Å². The predicted molar refractivity (Wildman–Crippen MR) is 118 cm³/mol. The lowest BCUT2D eigenvalue weighted by Gasteiger charge is -2.38. The Morgan fingerprint density at radius 2 is 1.84 bits per heavy atom.